The van der Waals surface area contributed by atoms with Crippen molar-refractivity contribution >= 4 is 28.4 Å². The average Bonchev–Trinajstić information content (AvgIpc) is 3.14. The van der Waals surface area contributed by atoms with E-state index in [1.807, 2.05) is 63.2 Å². The lowest BCUT2D eigenvalue weighted by Gasteiger charge is -2.11. The van der Waals surface area contributed by atoms with Crippen LogP contribution in [0.2, 0.25) is 0 Å². The first-order chi connectivity index (χ1) is 11.4. The molecule has 0 fully saturated rings. The van der Waals surface area contributed by atoms with Crippen LogP contribution in [0.4, 0.5) is 5.69 Å². The van der Waals surface area contributed by atoms with E-state index in [0.29, 0.717) is 10.9 Å². The topological polar surface area (TPSA) is 55.3 Å². The summed E-state index contributed by atoms with van der Waals surface area (Å²) in [5, 5.41) is 8.46. The summed E-state index contributed by atoms with van der Waals surface area (Å²) in [5.41, 5.74) is 2.86. The quantitative estimate of drug-likeness (QED) is 0.684. The number of nitrogens with zero attached hydrogens (tertiary/aromatic N) is 3. The Kier molecular flexibility index (Phi) is 4.44. The summed E-state index contributed by atoms with van der Waals surface area (Å²) in [6.45, 7) is 3.73. The van der Waals surface area contributed by atoms with Crippen LogP contribution in [0, 0.1) is 13.8 Å². The van der Waals surface area contributed by atoms with Crippen LogP contribution in [0.25, 0.3) is 22.6 Å². The minimum atomic E-state index is 0.279. The van der Waals surface area contributed by atoms with E-state index >= 15 is 0 Å². The van der Waals surface area contributed by atoms with Crippen molar-refractivity contribution in [3.05, 3.63) is 53.3 Å². The maximum atomic E-state index is 6.32. The van der Waals surface area contributed by atoms with Crippen molar-refractivity contribution in [3.63, 3.8) is 0 Å². The number of aromatic nitrogens is 2. The third-order valence-corrected chi connectivity index (χ3v) is 3.87. The summed E-state index contributed by atoms with van der Waals surface area (Å²) in [5.74, 6) is 2.21. The number of furan rings is 1. The molecule has 0 spiro atoms. The van der Waals surface area contributed by atoms with Gasteiger partial charge in [-0.3, -0.25) is 0 Å². The van der Waals surface area contributed by atoms with Crippen molar-refractivity contribution in [2.24, 2.45) is 0 Å². The predicted octanol–water partition coefficient (Wildman–Crippen LogP) is 4.75. The van der Waals surface area contributed by atoms with E-state index in [-0.39, 0.29) is 5.89 Å². The van der Waals surface area contributed by atoms with Gasteiger partial charge in [0.2, 0.25) is 0 Å². The zero-order chi connectivity index (χ0) is 17.3. The lowest BCUT2D eigenvalue weighted by atomic mass is 10.2. The first-order valence-electron chi connectivity index (χ1n) is 7.50. The second-order valence-corrected chi connectivity index (χ2v) is 6.12. The number of anilines is 1. The summed E-state index contributed by atoms with van der Waals surface area (Å²) in [6.07, 6.45) is 1.80. The Bertz CT molecular complexity index is 876. The van der Waals surface area contributed by atoms with Crippen LogP contribution in [-0.2, 0) is 0 Å². The predicted molar refractivity (Wildman–Crippen MR) is 96.0 cm³/mol. The molecule has 0 atom stereocenters. The highest BCUT2D eigenvalue weighted by Crippen LogP contribution is 2.29. The van der Waals surface area contributed by atoms with E-state index in [1.54, 1.807) is 6.08 Å². The van der Waals surface area contributed by atoms with Crippen LogP contribution >= 0.6 is 11.6 Å². The summed E-state index contributed by atoms with van der Waals surface area (Å²) in [7, 11) is 3.99. The maximum absolute atomic E-state index is 6.32. The van der Waals surface area contributed by atoms with Crippen molar-refractivity contribution < 1.29 is 8.83 Å². The molecule has 5 nitrogen and oxygen atoms in total. The summed E-state index contributed by atoms with van der Waals surface area (Å²) in [6, 6.07) is 9.88. The van der Waals surface area contributed by atoms with E-state index in [4.69, 9.17) is 20.4 Å². The Morgan fingerprint density at radius 3 is 2.38 bits per heavy atom. The van der Waals surface area contributed by atoms with Crippen LogP contribution in [0.1, 0.15) is 23.0 Å². The molecule has 124 valence electrons. The van der Waals surface area contributed by atoms with E-state index in [2.05, 4.69) is 10.2 Å². The second-order valence-electron chi connectivity index (χ2n) is 5.72. The van der Waals surface area contributed by atoms with Gasteiger partial charge in [0.05, 0.1) is 5.56 Å². The highest BCUT2D eigenvalue weighted by Gasteiger charge is 2.16. The van der Waals surface area contributed by atoms with Gasteiger partial charge in [-0.2, -0.15) is 0 Å². The molecule has 0 aliphatic rings. The minimum absolute atomic E-state index is 0.279. The number of benzene rings is 1. The van der Waals surface area contributed by atoms with Crippen molar-refractivity contribution in [2.75, 3.05) is 19.0 Å². The fraction of sp³-hybridized carbons (Fsp3) is 0.222. The van der Waals surface area contributed by atoms with Crippen molar-refractivity contribution in [3.8, 4) is 11.5 Å². The molecule has 0 aliphatic heterocycles. The molecular formula is C18H18ClN3O2. The molecule has 6 heteroatoms. The molecule has 1 aromatic carbocycles. The standard InChI is InChI=1S/C18H18ClN3O2/c1-11-9-15(12(2)23-11)17-20-21-18(24-17)16(19)10-13-5-7-14(8-6-13)22(3)4/h5-10H,1-4H3/b16-10-. The maximum Gasteiger partial charge on any atom is 0.259 e. The molecule has 0 aliphatic carbocycles. The molecule has 0 saturated heterocycles. The first kappa shape index (κ1) is 16.3. The third-order valence-electron chi connectivity index (χ3n) is 3.60. The average molecular weight is 344 g/mol. The van der Waals surface area contributed by atoms with Gasteiger partial charge in [-0.1, -0.05) is 23.7 Å². The smallest absolute Gasteiger partial charge is 0.259 e. The van der Waals surface area contributed by atoms with Gasteiger partial charge in [-0.05, 0) is 43.7 Å². The Morgan fingerprint density at radius 2 is 1.79 bits per heavy atom. The summed E-state index contributed by atoms with van der Waals surface area (Å²) >= 11 is 6.32. The van der Waals surface area contributed by atoms with Crippen molar-refractivity contribution in [2.45, 2.75) is 13.8 Å². The Morgan fingerprint density at radius 1 is 1.08 bits per heavy atom. The Balaban J connectivity index is 1.85. The SMILES string of the molecule is Cc1cc(-c2nnc(/C(Cl)=C/c3ccc(N(C)C)cc3)o2)c(C)o1. The van der Waals surface area contributed by atoms with Crippen LogP contribution < -0.4 is 4.90 Å². The normalized spacial score (nSPS) is 11.8. The highest BCUT2D eigenvalue weighted by molar-refractivity contribution is 6.50. The fourth-order valence-corrected chi connectivity index (χ4v) is 2.55. The van der Waals surface area contributed by atoms with Gasteiger partial charge in [-0.15, -0.1) is 10.2 Å². The molecule has 3 aromatic rings. The molecular weight excluding hydrogens is 326 g/mol. The largest absolute Gasteiger partial charge is 0.466 e. The van der Waals surface area contributed by atoms with E-state index < -0.39 is 0 Å². The second kappa shape index (κ2) is 6.53. The van der Waals surface area contributed by atoms with Gasteiger partial charge < -0.3 is 13.7 Å². The number of halogens is 1. The number of hydrogen-bond acceptors (Lipinski definition) is 5. The molecule has 0 amide bonds. The van der Waals surface area contributed by atoms with Crippen molar-refractivity contribution in [1.29, 1.82) is 0 Å². The zero-order valence-electron chi connectivity index (χ0n) is 14.0. The minimum Gasteiger partial charge on any atom is -0.466 e. The molecule has 2 aromatic heterocycles. The lowest BCUT2D eigenvalue weighted by Crippen LogP contribution is -2.07. The summed E-state index contributed by atoms with van der Waals surface area (Å²) in [4.78, 5) is 2.04. The molecule has 0 saturated carbocycles. The van der Waals surface area contributed by atoms with Crippen LogP contribution in [0.5, 0.6) is 0 Å². The third kappa shape index (κ3) is 3.36. The van der Waals surface area contributed by atoms with Crippen molar-refractivity contribution in [1.82, 2.24) is 10.2 Å². The molecule has 3 rings (SSSR count). The van der Waals surface area contributed by atoms with E-state index in [9.17, 15) is 0 Å². The Labute approximate surface area is 145 Å². The summed E-state index contributed by atoms with van der Waals surface area (Å²) < 4.78 is 11.2. The van der Waals surface area contributed by atoms with Gasteiger partial charge in [0.1, 0.15) is 16.6 Å². The Hall–Kier alpha value is -2.53. The molecule has 0 unspecified atom stereocenters. The molecule has 0 bridgehead atoms. The monoisotopic (exact) mass is 343 g/mol. The number of rotatable bonds is 4. The van der Waals surface area contributed by atoms with Crippen LogP contribution in [0.15, 0.2) is 39.2 Å². The highest BCUT2D eigenvalue weighted by atomic mass is 35.5. The van der Waals surface area contributed by atoms with Crippen LogP contribution in [-0.4, -0.2) is 24.3 Å². The molecule has 0 N–H and O–H groups in total. The van der Waals surface area contributed by atoms with Gasteiger partial charge in [0.25, 0.3) is 11.8 Å². The molecule has 24 heavy (non-hydrogen) atoms. The molecule has 2 heterocycles. The molecule has 0 radical (unpaired) electrons. The number of aryl methyl sites for hydroxylation is 2. The fourth-order valence-electron chi connectivity index (χ4n) is 2.35. The van der Waals surface area contributed by atoms with E-state index in [1.165, 1.54) is 0 Å². The lowest BCUT2D eigenvalue weighted by molar-refractivity contribution is 0.502. The first-order valence-corrected chi connectivity index (χ1v) is 7.87. The van der Waals surface area contributed by atoms with Gasteiger partial charge in [0, 0.05) is 19.8 Å². The zero-order valence-corrected chi connectivity index (χ0v) is 14.8. The van der Waals surface area contributed by atoms with Gasteiger partial charge >= 0.3 is 0 Å². The van der Waals surface area contributed by atoms with Crippen LogP contribution in [0.3, 0.4) is 0 Å². The number of hydrogen-bond donors (Lipinski definition) is 0. The van der Waals surface area contributed by atoms with Gasteiger partial charge in [0.15, 0.2) is 0 Å². The van der Waals surface area contributed by atoms with E-state index in [0.717, 1.165) is 28.3 Å². The van der Waals surface area contributed by atoms with Gasteiger partial charge in [-0.25, -0.2) is 0 Å².